The molecule has 0 atom stereocenters. The molecule has 4 nitrogen and oxygen atoms in total. The number of aliphatic imine (C=N–C) groups is 1. The van der Waals surface area contributed by atoms with Gasteiger partial charge in [-0.1, -0.05) is 12.7 Å². The van der Waals surface area contributed by atoms with Crippen LogP contribution in [-0.4, -0.2) is 18.4 Å². The van der Waals surface area contributed by atoms with Crippen molar-refractivity contribution in [2.24, 2.45) is 4.99 Å². The second kappa shape index (κ2) is 5.21. The minimum atomic E-state index is -0.557. The summed E-state index contributed by atoms with van der Waals surface area (Å²) in [7, 11) is 0. The van der Waals surface area contributed by atoms with Gasteiger partial charge in [0.05, 0.1) is 0 Å². The Bertz CT molecular complexity index is 262. The summed E-state index contributed by atoms with van der Waals surface area (Å²) in [6.07, 6.45) is 2.47. The highest BCUT2D eigenvalue weighted by molar-refractivity contribution is 5.70. The number of carbonyl (C=O) groups excluding carboxylic acids is 1. The zero-order valence-corrected chi connectivity index (χ0v) is 8.83. The van der Waals surface area contributed by atoms with Crippen molar-refractivity contribution in [2.45, 2.75) is 26.4 Å². The SMILES string of the molecule is C=CC=C(N=C)NC(=O)OC(C)(C)C. The zero-order chi connectivity index (χ0) is 11.2. The van der Waals surface area contributed by atoms with Crippen LogP contribution in [0.4, 0.5) is 4.79 Å². The molecule has 0 bridgehead atoms. The molecule has 1 amide bonds. The summed E-state index contributed by atoms with van der Waals surface area (Å²) in [4.78, 5) is 14.8. The summed E-state index contributed by atoms with van der Waals surface area (Å²) in [5, 5.41) is 2.42. The normalized spacial score (nSPS) is 11.8. The Kier molecular flexibility index (Phi) is 4.63. The Morgan fingerprint density at radius 2 is 2.07 bits per heavy atom. The molecule has 0 aromatic carbocycles. The number of amides is 1. The summed E-state index contributed by atoms with van der Waals surface area (Å²) in [5.41, 5.74) is -0.523. The fraction of sp³-hybridized carbons (Fsp3) is 0.400. The molecule has 1 N–H and O–H groups in total. The van der Waals surface area contributed by atoms with E-state index in [-0.39, 0.29) is 0 Å². The van der Waals surface area contributed by atoms with Gasteiger partial charge in [-0.25, -0.2) is 9.79 Å². The minimum absolute atomic E-state index is 0.314. The molecule has 0 unspecified atom stereocenters. The van der Waals surface area contributed by atoms with E-state index in [1.54, 1.807) is 20.8 Å². The van der Waals surface area contributed by atoms with E-state index in [1.807, 2.05) is 0 Å². The third-order valence-corrected chi connectivity index (χ3v) is 1.08. The maximum Gasteiger partial charge on any atom is 0.413 e. The lowest BCUT2D eigenvalue weighted by molar-refractivity contribution is 0.0545. The molecule has 0 aliphatic carbocycles. The van der Waals surface area contributed by atoms with Gasteiger partial charge in [0.15, 0.2) is 0 Å². The molecule has 0 rings (SSSR count). The summed E-state index contributed by atoms with van der Waals surface area (Å²) >= 11 is 0. The van der Waals surface area contributed by atoms with Crippen LogP contribution >= 0.6 is 0 Å². The molecule has 0 radical (unpaired) electrons. The quantitative estimate of drug-likeness (QED) is 0.556. The number of nitrogens with one attached hydrogen (secondary N) is 1. The maximum absolute atomic E-state index is 11.2. The fourth-order valence-corrected chi connectivity index (χ4v) is 0.654. The van der Waals surface area contributed by atoms with Crippen LogP contribution in [0.3, 0.4) is 0 Å². The van der Waals surface area contributed by atoms with E-state index in [4.69, 9.17) is 4.74 Å². The Morgan fingerprint density at radius 1 is 1.50 bits per heavy atom. The van der Waals surface area contributed by atoms with Crippen molar-refractivity contribution in [1.29, 1.82) is 0 Å². The number of hydrogen-bond donors (Lipinski definition) is 1. The van der Waals surface area contributed by atoms with Crippen LogP contribution < -0.4 is 5.32 Å². The lowest BCUT2D eigenvalue weighted by atomic mass is 10.2. The van der Waals surface area contributed by atoms with Gasteiger partial charge in [0.1, 0.15) is 11.4 Å². The van der Waals surface area contributed by atoms with Crippen molar-refractivity contribution in [3.63, 3.8) is 0 Å². The first-order valence-corrected chi connectivity index (χ1v) is 4.18. The molecular formula is C10H16N2O2. The topological polar surface area (TPSA) is 50.7 Å². The van der Waals surface area contributed by atoms with E-state index in [0.717, 1.165) is 0 Å². The third kappa shape index (κ3) is 5.99. The van der Waals surface area contributed by atoms with Crippen molar-refractivity contribution in [1.82, 2.24) is 5.32 Å². The van der Waals surface area contributed by atoms with Crippen molar-refractivity contribution >= 4 is 12.8 Å². The van der Waals surface area contributed by atoms with Gasteiger partial charge in [-0.15, -0.1) is 0 Å². The Morgan fingerprint density at radius 3 is 2.43 bits per heavy atom. The molecule has 0 aromatic rings. The summed E-state index contributed by atoms with van der Waals surface area (Å²) in [6, 6.07) is 0. The number of ether oxygens (including phenoxy) is 1. The van der Waals surface area contributed by atoms with Crippen molar-refractivity contribution in [2.75, 3.05) is 0 Å². The zero-order valence-electron chi connectivity index (χ0n) is 8.83. The second-order valence-corrected chi connectivity index (χ2v) is 3.57. The molecule has 0 saturated carbocycles. The summed E-state index contributed by atoms with van der Waals surface area (Å²) in [5.74, 6) is 0.314. The first-order valence-electron chi connectivity index (χ1n) is 4.18. The third-order valence-electron chi connectivity index (χ3n) is 1.08. The maximum atomic E-state index is 11.2. The molecular weight excluding hydrogens is 180 g/mol. The van der Waals surface area contributed by atoms with Crippen LogP contribution in [0.5, 0.6) is 0 Å². The highest BCUT2D eigenvalue weighted by atomic mass is 16.6. The number of rotatable bonds is 3. The Balaban J connectivity index is 4.24. The predicted octanol–water partition coefficient (Wildman–Crippen LogP) is 2.24. The van der Waals surface area contributed by atoms with Crippen molar-refractivity contribution in [3.05, 3.63) is 24.6 Å². The van der Waals surface area contributed by atoms with Gasteiger partial charge in [0, 0.05) is 0 Å². The number of nitrogens with zero attached hydrogens (tertiary/aromatic N) is 1. The second-order valence-electron chi connectivity index (χ2n) is 3.57. The van der Waals surface area contributed by atoms with Gasteiger partial charge >= 0.3 is 6.09 Å². The van der Waals surface area contributed by atoms with E-state index >= 15 is 0 Å². The molecule has 0 saturated heterocycles. The van der Waals surface area contributed by atoms with Crippen LogP contribution in [-0.2, 0) is 4.74 Å². The lowest BCUT2D eigenvalue weighted by Gasteiger charge is -2.19. The largest absolute Gasteiger partial charge is 0.444 e. The molecule has 0 aromatic heterocycles. The number of allylic oxidation sites excluding steroid dienone is 2. The summed E-state index contributed by atoms with van der Waals surface area (Å²) in [6.45, 7) is 12.1. The van der Waals surface area contributed by atoms with Gasteiger partial charge in [-0.2, -0.15) is 0 Å². The average Bonchev–Trinajstić information content (AvgIpc) is 2.00. The number of hydrogen-bond acceptors (Lipinski definition) is 3. The molecule has 0 aliphatic heterocycles. The first-order chi connectivity index (χ1) is 6.39. The van der Waals surface area contributed by atoms with Crippen LogP contribution in [0.15, 0.2) is 29.5 Å². The number of alkyl carbamates (subject to hydrolysis) is 1. The molecule has 0 spiro atoms. The van der Waals surface area contributed by atoms with Crippen LogP contribution in [0.1, 0.15) is 20.8 Å². The van der Waals surface area contributed by atoms with Gasteiger partial charge in [-0.05, 0) is 33.6 Å². The Labute approximate surface area is 84.4 Å². The van der Waals surface area contributed by atoms with Gasteiger partial charge in [-0.3, -0.25) is 5.32 Å². The Hall–Kier alpha value is -1.58. The van der Waals surface area contributed by atoms with Crippen LogP contribution in [0.25, 0.3) is 0 Å². The lowest BCUT2D eigenvalue weighted by Crippen LogP contribution is -2.31. The summed E-state index contributed by atoms with van der Waals surface area (Å²) < 4.78 is 5.00. The fourth-order valence-electron chi connectivity index (χ4n) is 0.654. The molecule has 0 fully saturated rings. The number of carbonyl (C=O) groups is 1. The van der Waals surface area contributed by atoms with Crippen molar-refractivity contribution in [3.8, 4) is 0 Å². The molecule has 4 heteroatoms. The minimum Gasteiger partial charge on any atom is -0.444 e. The van der Waals surface area contributed by atoms with E-state index < -0.39 is 11.7 Å². The van der Waals surface area contributed by atoms with Crippen LogP contribution in [0.2, 0.25) is 0 Å². The van der Waals surface area contributed by atoms with Gasteiger partial charge in [0.25, 0.3) is 0 Å². The smallest absolute Gasteiger partial charge is 0.413 e. The van der Waals surface area contributed by atoms with E-state index in [0.29, 0.717) is 5.82 Å². The highest BCUT2D eigenvalue weighted by Gasteiger charge is 2.16. The molecule has 0 heterocycles. The van der Waals surface area contributed by atoms with E-state index in [1.165, 1.54) is 12.2 Å². The monoisotopic (exact) mass is 196 g/mol. The predicted molar refractivity (Wildman–Crippen MR) is 57.2 cm³/mol. The van der Waals surface area contributed by atoms with E-state index in [9.17, 15) is 4.79 Å². The first kappa shape index (κ1) is 12.4. The van der Waals surface area contributed by atoms with Crippen molar-refractivity contribution < 1.29 is 9.53 Å². The highest BCUT2D eigenvalue weighted by Crippen LogP contribution is 2.07. The van der Waals surface area contributed by atoms with Crippen LogP contribution in [0, 0.1) is 0 Å². The van der Waals surface area contributed by atoms with Gasteiger partial charge in [0.2, 0.25) is 0 Å². The van der Waals surface area contributed by atoms with Gasteiger partial charge < -0.3 is 4.74 Å². The molecule has 0 aliphatic rings. The standard InChI is InChI=1S/C10H16N2O2/c1-6-7-8(11-5)12-9(13)14-10(2,3)4/h6-7H,1,5H2,2-4H3,(H,12,13). The molecule has 14 heavy (non-hydrogen) atoms. The van der Waals surface area contributed by atoms with E-state index in [2.05, 4.69) is 23.6 Å². The molecule has 78 valence electrons. The average molecular weight is 196 g/mol.